The van der Waals surface area contributed by atoms with Crippen LogP contribution >= 0.6 is 0 Å². The molecule has 0 saturated carbocycles. The minimum Gasteiger partial charge on any atom is -0.460 e. The number of furan rings is 1. The summed E-state index contributed by atoms with van der Waals surface area (Å²) in [5.74, 6) is 1.33. The number of amides is 1. The molecule has 1 saturated heterocycles. The Kier molecular flexibility index (Phi) is 4.58. The van der Waals surface area contributed by atoms with E-state index in [2.05, 4.69) is 5.10 Å². The molecule has 27 heavy (non-hydrogen) atoms. The van der Waals surface area contributed by atoms with Gasteiger partial charge in [-0.1, -0.05) is 18.2 Å². The first-order valence-corrected chi connectivity index (χ1v) is 9.18. The van der Waals surface area contributed by atoms with Crippen LogP contribution in [0.25, 0.3) is 17.1 Å². The molecule has 0 bridgehead atoms. The molecule has 0 unspecified atom stereocenters. The molecule has 3 aromatic rings. The molecule has 0 N–H and O–H groups in total. The van der Waals surface area contributed by atoms with E-state index in [1.54, 1.807) is 10.9 Å². The van der Waals surface area contributed by atoms with Gasteiger partial charge in [0.25, 0.3) is 5.91 Å². The van der Waals surface area contributed by atoms with Crippen LogP contribution in [0.4, 0.5) is 0 Å². The Hall–Kier alpha value is -2.86. The van der Waals surface area contributed by atoms with Crippen LogP contribution in [0.15, 0.2) is 53.1 Å². The van der Waals surface area contributed by atoms with Crippen molar-refractivity contribution < 1.29 is 13.9 Å². The van der Waals surface area contributed by atoms with Crippen molar-refractivity contribution in [3.8, 4) is 17.1 Å². The molecule has 140 valence electrons. The molecule has 6 nitrogen and oxygen atoms in total. The lowest BCUT2D eigenvalue weighted by Crippen LogP contribution is -2.48. The summed E-state index contributed by atoms with van der Waals surface area (Å²) >= 11 is 0. The largest absolute Gasteiger partial charge is 0.460 e. The minimum absolute atomic E-state index is 0.0103. The fourth-order valence-corrected chi connectivity index (χ4v) is 3.50. The van der Waals surface area contributed by atoms with Gasteiger partial charge >= 0.3 is 0 Å². The quantitative estimate of drug-likeness (QED) is 0.710. The number of hydrogen-bond donors (Lipinski definition) is 0. The third-order valence-electron chi connectivity index (χ3n) is 4.65. The van der Waals surface area contributed by atoms with Crippen LogP contribution in [0.5, 0.6) is 0 Å². The first-order chi connectivity index (χ1) is 13.0. The van der Waals surface area contributed by atoms with Gasteiger partial charge in [0.1, 0.15) is 11.5 Å². The summed E-state index contributed by atoms with van der Waals surface area (Å²) in [6, 6.07) is 13.5. The molecule has 6 heteroatoms. The normalized spacial score (nSPS) is 20.0. The zero-order valence-electron chi connectivity index (χ0n) is 15.8. The first-order valence-electron chi connectivity index (χ1n) is 9.18. The lowest BCUT2D eigenvalue weighted by atomic mass is 10.1. The van der Waals surface area contributed by atoms with Crippen LogP contribution in [0, 0.1) is 6.92 Å². The highest BCUT2D eigenvalue weighted by atomic mass is 16.5. The van der Waals surface area contributed by atoms with Gasteiger partial charge in [-0.3, -0.25) is 4.79 Å². The molecule has 0 radical (unpaired) electrons. The van der Waals surface area contributed by atoms with Crippen LogP contribution in [0.2, 0.25) is 0 Å². The highest BCUT2D eigenvalue weighted by molar-refractivity contribution is 5.99. The average molecular weight is 365 g/mol. The van der Waals surface area contributed by atoms with Crippen molar-refractivity contribution >= 4 is 5.91 Å². The van der Waals surface area contributed by atoms with E-state index in [0.29, 0.717) is 30.1 Å². The molecule has 4 rings (SSSR count). The van der Waals surface area contributed by atoms with E-state index in [4.69, 9.17) is 9.15 Å². The van der Waals surface area contributed by atoms with Crippen LogP contribution in [-0.4, -0.2) is 45.9 Å². The van der Waals surface area contributed by atoms with E-state index in [9.17, 15) is 4.79 Å². The summed E-state index contributed by atoms with van der Waals surface area (Å²) in [4.78, 5) is 15.1. The molecule has 3 heterocycles. The van der Waals surface area contributed by atoms with Gasteiger partial charge in [-0.05, 0) is 45.0 Å². The number of nitrogens with zero attached hydrogens (tertiary/aromatic N) is 3. The second-order valence-electron chi connectivity index (χ2n) is 7.05. The van der Waals surface area contributed by atoms with Gasteiger partial charge in [-0.2, -0.15) is 5.10 Å². The Bertz CT molecular complexity index is 935. The summed E-state index contributed by atoms with van der Waals surface area (Å²) < 4.78 is 13.3. The van der Waals surface area contributed by atoms with E-state index in [0.717, 1.165) is 11.4 Å². The molecule has 1 aromatic carbocycles. The Labute approximate surface area is 158 Å². The van der Waals surface area contributed by atoms with Crippen LogP contribution in [0.1, 0.15) is 30.0 Å². The van der Waals surface area contributed by atoms with Crippen molar-refractivity contribution in [2.45, 2.75) is 33.0 Å². The number of hydrogen-bond acceptors (Lipinski definition) is 4. The summed E-state index contributed by atoms with van der Waals surface area (Å²) in [7, 11) is 0. The number of carbonyl (C=O) groups is 1. The summed E-state index contributed by atoms with van der Waals surface area (Å²) in [5.41, 5.74) is 1.99. The van der Waals surface area contributed by atoms with Crippen molar-refractivity contribution in [1.29, 1.82) is 0 Å². The lowest BCUT2D eigenvalue weighted by molar-refractivity contribution is -0.0586. The first kappa shape index (κ1) is 17.5. The van der Waals surface area contributed by atoms with Gasteiger partial charge in [0.2, 0.25) is 0 Å². The van der Waals surface area contributed by atoms with E-state index < -0.39 is 0 Å². The van der Waals surface area contributed by atoms with Crippen molar-refractivity contribution in [3.05, 3.63) is 60.0 Å². The molecule has 1 aliphatic heterocycles. The maximum Gasteiger partial charge on any atom is 0.258 e. The summed E-state index contributed by atoms with van der Waals surface area (Å²) in [5, 5.41) is 4.66. The fraction of sp³-hybridized carbons (Fsp3) is 0.333. The molecule has 1 amide bonds. The van der Waals surface area contributed by atoms with Crippen molar-refractivity contribution in [1.82, 2.24) is 14.7 Å². The fourth-order valence-electron chi connectivity index (χ4n) is 3.50. The van der Waals surface area contributed by atoms with Gasteiger partial charge in [-0.15, -0.1) is 0 Å². The lowest BCUT2D eigenvalue weighted by Gasteiger charge is -2.35. The predicted octanol–water partition coefficient (Wildman–Crippen LogP) is 3.69. The van der Waals surface area contributed by atoms with Crippen molar-refractivity contribution in [2.75, 3.05) is 13.1 Å². The molecular formula is C21H23N3O3. The third-order valence-corrected chi connectivity index (χ3v) is 4.65. The summed E-state index contributed by atoms with van der Waals surface area (Å²) in [6.07, 6.45) is 1.81. The second kappa shape index (κ2) is 7.04. The number of carbonyl (C=O) groups excluding carboxylic acids is 1. The van der Waals surface area contributed by atoms with E-state index in [1.807, 2.05) is 68.1 Å². The molecule has 2 atom stereocenters. The van der Waals surface area contributed by atoms with E-state index in [1.165, 1.54) is 0 Å². The number of aromatic nitrogens is 2. The topological polar surface area (TPSA) is 60.5 Å². The van der Waals surface area contributed by atoms with E-state index in [-0.39, 0.29) is 18.1 Å². The van der Waals surface area contributed by atoms with Gasteiger partial charge in [0.15, 0.2) is 5.76 Å². The smallest absolute Gasteiger partial charge is 0.258 e. The zero-order chi connectivity index (χ0) is 19.0. The van der Waals surface area contributed by atoms with E-state index >= 15 is 0 Å². The molecule has 0 aliphatic carbocycles. The van der Waals surface area contributed by atoms with Crippen LogP contribution in [-0.2, 0) is 4.74 Å². The Morgan fingerprint density at radius 2 is 1.78 bits per heavy atom. The van der Waals surface area contributed by atoms with Gasteiger partial charge in [0, 0.05) is 19.3 Å². The zero-order valence-corrected chi connectivity index (χ0v) is 15.8. The Balaban J connectivity index is 1.76. The SMILES string of the molecule is Cc1ccc(-c2nn(-c3ccccc3)cc2C(=O)N2C[C@H](C)O[C@@H](C)C2)o1. The number of para-hydroxylation sites is 1. The van der Waals surface area contributed by atoms with Gasteiger partial charge < -0.3 is 14.1 Å². The maximum absolute atomic E-state index is 13.3. The Morgan fingerprint density at radius 1 is 1.07 bits per heavy atom. The van der Waals surface area contributed by atoms with Gasteiger partial charge in [0.05, 0.1) is 23.5 Å². The predicted molar refractivity (Wildman–Crippen MR) is 102 cm³/mol. The second-order valence-corrected chi connectivity index (χ2v) is 7.05. The molecular weight excluding hydrogens is 342 g/mol. The minimum atomic E-state index is -0.0526. The van der Waals surface area contributed by atoms with Gasteiger partial charge in [-0.25, -0.2) is 4.68 Å². The number of ether oxygens (including phenoxy) is 1. The highest BCUT2D eigenvalue weighted by Crippen LogP contribution is 2.27. The summed E-state index contributed by atoms with van der Waals surface area (Å²) in [6.45, 7) is 6.98. The van der Waals surface area contributed by atoms with Crippen molar-refractivity contribution in [3.63, 3.8) is 0 Å². The monoisotopic (exact) mass is 365 g/mol. The standard InChI is InChI=1S/C21H23N3O3/c1-14-9-10-19(27-14)20-18(13-24(22-20)17-7-5-4-6-8-17)21(25)23-11-15(2)26-16(3)12-23/h4-10,13,15-16H,11-12H2,1-3H3/t15-,16-/m0/s1. The highest BCUT2D eigenvalue weighted by Gasteiger charge is 2.30. The maximum atomic E-state index is 13.3. The number of rotatable bonds is 3. The van der Waals surface area contributed by atoms with Crippen LogP contribution in [0.3, 0.4) is 0 Å². The molecule has 1 fully saturated rings. The average Bonchev–Trinajstić information content (AvgIpc) is 3.27. The molecule has 1 aliphatic rings. The number of aryl methyl sites for hydroxylation is 1. The number of benzene rings is 1. The Morgan fingerprint density at radius 3 is 2.41 bits per heavy atom. The van der Waals surface area contributed by atoms with Crippen molar-refractivity contribution in [2.24, 2.45) is 0 Å². The number of morpholine rings is 1. The third kappa shape index (κ3) is 3.53. The molecule has 2 aromatic heterocycles. The molecule has 0 spiro atoms. The van der Waals surface area contributed by atoms with Crippen LogP contribution < -0.4 is 0 Å².